The van der Waals surface area contributed by atoms with E-state index in [1.807, 2.05) is 17.0 Å². The minimum Gasteiger partial charge on any atom is -0.370 e. The van der Waals surface area contributed by atoms with Crippen molar-refractivity contribution in [2.45, 2.75) is 64.2 Å². The molecular formula is C22H30N6O3. The molecule has 1 N–H and O–H groups in total. The van der Waals surface area contributed by atoms with Gasteiger partial charge in [0.25, 0.3) is 0 Å². The van der Waals surface area contributed by atoms with Crippen LogP contribution in [-0.4, -0.2) is 73.6 Å². The number of hydrogen-bond donors (Lipinski definition) is 1. The lowest BCUT2D eigenvalue weighted by atomic mass is 9.94. The van der Waals surface area contributed by atoms with Crippen LogP contribution < -0.4 is 0 Å². The smallest absolute Gasteiger partial charge is 0.242 e. The first kappa shape index (κ1) is 21.4. The molecule has 166 valence electrons. The number of nitrogens with zero attached hydrogens (tertiary/aromatic N) is 5. The number of H-pyrrole nitrogens is 1. The lowest BCUT2D eigenvalue weighted by Crippen LogP contribution is -2.46. The number of ether oxygens (including phenoxy) is 1. The highest BCUT2D eigenvalue weighted by Gasteiger charge is 2.35. The van der Waals surface area contributed by atoms with Gasteiger partial charge in [-0.3, -0.25) is 19.7 Å². The molecule has 31 heavy (non-hydrogen) atoms. The molecule has 1 aliphatic carbocycles. The SMILES string of the molecule is Cc1nc(CC(=O)N2CC(=O)N(C3CCCCC3)C[C@@H](OCc3cccnc3)C2)n[nH]1. The van der Waals surface area contributed by atoms with Crippen LogP contribution in [0.4, 0.5) is 0 Å². The third-order valence-corrected chi connectivity index (χ3v) is 6.00. The summed E-state index contributed by atoms with van der Waals surface area (Å²) in [5.74, 6) is 0.943. The van der Waals surface area contributed by atoms with Gasteiger partial charge in [-0.1, -0.05) is 25.3 Å². The Morgan fingerprint density at radius 3 is 2.81 bits per heavy atom. The Morgan fingerprint density at radius 2 is 2.10 bits per heavy atom. The van der Waals surface area contributed by atoms with Crippen molar-refractivity contribution in [3.8, 4) is 0 Å². The number of aromatic amines is 1. The molecule has 1 saturated carbocycles. The Bertz CT molecular complexity index is 880. The first-order chi connectivity index (χ1) is 15.1. The predicted octanol–water partition coefficient (Wildman–Crippen LogP) is 1.64. The van der Waals surface area contributed by atoms with Crippen LogP contribution in [0.1, 0.15) is 49.3 Å². The van der Waals surface area contributed by atoms with Gasteiger partial charge in [0.05, 0.1) is 25.7 Å². The number of rotatable bonds is 6. The molecule has 2 fully saturated rings. The second kappa shape index (κ2) is 10.00. The summed E-state index contributed by atoms with van der Waals surface area (Å²) >= 11 is 0. The summed E-state index contributed by atoms with van der Waals surface area (Å²) in [6.45, 7) is 3.14. The van der Waals surface area contributed by atoms with E-state index >= 15 is 0 Å². The maximum atomic E-state index is 13.1. The largest absolute Gasteiger partial charge is 0.370 e. The van der Waals surface area contributed by atoms with Crippen LogP contribution in [0, 0.1) is 6.92 Å². The van der Waals surface area contributed by atoms with E-state index in [1.165, 1.54) is 6.42 Å². The van der Waals surface area contributed by atoms with Gasteiger partial charge in [-0.2, -0.15) is 5.10 Å². The lowest BCUT2D eigenvalue weighted by molar-refractivity contribution is -0.140. The fourth-order valence-electron chi connectivity index (χ4n) is 4.40. The number of amides is 2. The van der Waals surface area contributed by atoms with Crippen molar-refractivity contribution in [3.05, 3.63) is 41.7 Å². The molecule has 0 radical (unpaired) electrons. The van der Waals surface area contributed by atoms with E-state index in [0.717, 1.165) is 31.2 Å². The molecule has 2 aromatic rings. The predicted molar refractivity (Wildman–Crippen MR) is 113 cm³/mol. The average molecular weight is 427 g/mol. The third kappa shape index (κ3) is 5.66. The van der Waals surface area contributed by atoms with Crippen molar-refractivity contribution < 1.29 is 14.3 Å². The Kier molecular flexibility index (Phi) is 6.91. The van der Waals surface area contributed by atoms with E-state index in [4.69, 9.17) is 4.74 Å². The molecular weight excluding hydrogens is 396 g/mol. The van der Waals surface area contributed by atoms with Crippen molar-refractivity contribution in [2.75, 3.05) is 19.6 Å². The second-order valence-electron chi connectivity index (χ2n) is 8.42. The molecule has 2 aliphatic rings. The number of hydrogen-bond acceptors (Lipinski definition) is 6. The van der Waals surface area contributed by atoms with E-state index < -0.39 is 0 Å². The van der Waals surface area contributed by atoms with Crippen molar-refractivity contribution >= 4 is 11.8 Å². The highest BCUT2D eigenvalue weighted by Crippen LogP contribution is 2.25. The number of nitrogens with one attached hydrogen (secondary N) is 1. The molecule has 2 aromatic heterocycles. The van der Waals surface area contributed by atoms with E-state index in [2.05, 4.69) is 20.2 Å². The lowest BCUT2D eigenvalue weighted by Gasteiger charge is -2.34. The van der Waals surface area contributed by atoms with E-state index in [0.29, 0.717) is 31.3 Å². The van der Waals surface area contributed by atoms with E-state index in [9.17, 15) is 9.59 Å². The van der Waals surface area contributed by atoms with Gasteiger partial charge < -0.3 is 14.5 Å². The van der Waals surface area contributed by atoms with Gasteiger partial charge in [-0.15, -0.1) is 0 Å². The number of aryl methyl sites for hydroxylation is 1. The summed E-state index contributed by atoms with van der Waals surface area (Å²) in [7, 11) is 0. The van der Waals surface area contributed by atoms with E-state index in [-0.39, 0.29) is 36.9 Å². The molecule has 1 aliphatic heterocycles. The van der Waals surface area contributed by atoms with Gasteiger partial charge >= 0.3 is 0 Å². The zero-order valence-corrected chi connectivity index (χ0v) is 18.0. The van der Waals surface area contributed by atoms with Crippen LogP contribution in [0.25, 0.3) is 0 Å². The number of pyridine rings is 1. The van der Waals surface area contributed by atoms with Gasteiger partial charge in [0.15, 0.2) is 5.82 Å². The van der Waals surface area contributed by atoms with Gasteiger partial charge in [0.2, 0.25) is 11.8 Å². The van der Waals surface area contributed by atoms with Gasteiger partial charge in [-0.25, -0.2) is 4.98 Å². The number of carbonyl (C=O) groups excluding carboxylic acids is 2. The van der Waals surface area contributed by atoms with Crippen molar-refractivity contribution in [1.82, 2.24) is 30.0 Å². The van der Waals surface area contributed by atoms with Crippen LogP contribution in [0.2, 0.25) is 0 Å². The van der Waals surface area contributed by atoms with Crippen molar-refractivity contribution in [2.24, 2.45) is 0 Å². The number of aromatic nitrogens is 4. The molecule has 1 atom stereocenters. The summed E-state index contributed by atoms with van der Waals surface area (Å²) in [4.78, 5) is 38.0. The standard InChI is InChI=1S/C22H30N6O3/c1-16-24-20(26-25-16)10-21(29)27-12-19(31-15-17-6-5-9-23-11-17)13-28(22(30)14-27)18-7-3-2-4-8-18/h5-6,9,11,18-19H,2-4,7-8,10,12-15H2,1H3,(H,24,25,26)/t19-/m0/s1. The first-order valence-corrected chi connectivity index (χ1v) is 11.0. The van der Waals surface area contributed by atoms with Crippen molar-refractivity contribution in [1.29, 1.82) is 0 Å². The Hall–Kier alpha value is -2.81. The minimum absolute atomic E-state index is 0.00102. The quantitative estimate of drug-likeness (QED) is 0.753. The van der Waals surface area contributed by atoms with Crippen LogP contribution >= 0.6 is 0 Å². The topological polar surface area (TPSA) is 104 Å². The maximum absolute atomic E-state index is 13.1. The van der Waals surface area contributed by atoms with E-state index in [1.54, 1.807) is 24.2 Å². The fourth-order valence-corrected chi connectivity index (χ4v) is 4.40. The van der Waals surface area contributed by atoms with Crippen LogP contribution in [-0.2, 0) is 27.4 Å². The minimum atomic E-state index is -0.258. The molecule has 9 nitrogen and oxygen atoms in total. The Labute approximate surface area is 182 Å². The third-order valence-electron chi connectivity index (χ3n) is 6.00. The van der Waals surface area contributed by atoms with Crippen LogP contribution in [0.5, 0.6) is 0 Å². The summed E-state index contributed by atoms with van der Waals surface area (Å²) in [6, 6.07) is 4.07. The Morgan fingerprint density at radius 1 is 1.26 bits per heavy atom. The molecule has 0 aromatic carbocycles. The summed E-state index contributed by atoms with van der Waals surface area (Å²) < 4.78 is 6.19. The first-order valence-electron chi connectivity index (χ1n) is 11.0. The zero-order valence-electron chi connectivity index (χ0n) is 18.0. The fraction of sp³-hybridized carbons (Fsp3) is 0.591. The number of carbonyl (C=O) groups is 2. The molecule has 2 amide bonds. The maximum Gasteiger partial charge on any atom is 0.242 e. The molecule has 3 heterocycles. The summed E-state index contributed by atoms with van der Waals surface area (Å²) in [5, 5.41) is 6.82. The molecule has 9 heteroatoms. The molecule has 4 rings (SSSR count). The van der Waals surface area contributed by atoms with Gasteiger partial charge in [0, 0.05) is 31.5 Å². The molecule has 1 saturated heterocycles. The highest BCUT2D eigenvalue weighted by atomic mass is 16.5. The summed E-state index contributed by atoms with van der Waals surface area (Å²) in [6.07, 6.45) is 8.85. The zero-order chi connectivity index (χ0) is 21.6. The normalized spacial score (nSPS) is 20.7. The highest BCUT2D eigenvalue weighted by molar-refractivity contribution is 5.86. The van der Waals surface area contributed by atoms with Crippen LogP contribution in [0.15, 0.2) is 24.5 Å². The van der Waals surface area contributed by atoms with Crippen molar-refractivity contribution in [3.63, 3.8) is 0 Å². The average Bonchev–Trinajstić information content (AvgIpc) is 3.11. The van der Waals surface area contributed by atoms with Gasteiger partial charge in [-0.05, 0) is 31.4 Å². The summed E-state index contributed by atoms with van der Waals surface area (Å²) in [5.41, 5.74) is 0.969. The molecule has 0 spiro atoms. The molecule has 0 bridgehead atoms. The second-order valence-corrected chi connectivity index (χ2v) is 8.42. The Balaban J connectivity index is 1.48. The van der Waals surface area contributed by atoms with Gasteiger partial charge in [0.1, 0.15) is 5.82 Å². The molecule has 0 unspecified atom stereocenters. The van der Waals surface area contributed by atoms with Crippen LogP contribution in [0.3, 0.4) is 0 Å². The monoisotopic (exact) mass is 426 g/mol.